The zero-order valence-electron chi connectivity index (χ0n) is 9.45. The predicted molar refractivity (Wildman–Crippen MR) is 89.8 cm³/mol. The molecule has 3 aromatic rings. The van der Waals surface area contributed by atoms with E-state index >= 15 is 0 Å². The van der Waals surface area contributed by atoms with E-state index in [1.54, 1.807) is 11.3 Å². The second-order valence-electron chi connectivity index (χ2n) is 3.88. The first-order valence-electron chi connectivity index (χ1n) is 5.40. The van der Waals surface area contributed by atoms with Gasteiger partial charge in [0.1, 0.15) is 0 Å². The van der Waals surface area contributed by atoms with Gasteiger partial charge in [0, 0.05) is 14.6 Å². The SMILES string of the molecule is Clc1cc(Nc2nc3ccc(Br)cc3s2)ccc1Br. The van der Waals surface area contributed by atoms with E-state index in [2.05, 4.69) is 48.2 Å². The number of benzene rings is 2. The lowest BCUT2D eigenvalue weighted by molar-refractivity contribution is 1.44. The third kappa shape index (κ3) is 2.94. The summed E-state index contributed by atoms with van der Waals surface area (Å²) in [4.78, 5) is 4.53. The fourth-order valence-electron chi connectivity index (χ4n) is 1.65. The van der Waals surface area contributed by atoms with Crippen molar-refractivity contribution in [1.29, 1.82) is 0 Å². The van der Waals surface area contributed by atoms with Crippen LogP contribution in [-0.2, 0) is 0 Å². The highest BCUT2D eigenvalue weighted by atomic mass is 79.9. The number of halogens is 3. The lowest BCUT2D eigenvalue weighted by Crippen LogP contribution is -1.88. The van der Waals surface area contributed by atoms with Gasteiger partial charge in [-0.25, -0.2) is 4.98 Å². The first-order chi connectivity index (χ1) is 9.11. The van der Waals surface area contributed by atoms with Gasteiger partial charge >= 0.3 is 0 Å². The molecule has 3 rings (SSSR count). The van der Waals surface area contributed by atoms with Gasteiger partial charge in [0.05, 0.1) is 15.2 Å². The van der Waals surface area contributed by atoms with Crippen molar-refractivity contribution < 1.29 is 0 Å². The molecule has 2 nitrogen and oxygen atoms in total. The molecule has 96 valence electrons. The Bertz CT molecular complexity index is 757. The number of fused-ring (bicyclic) bond motifs is 1. The molecule has 1 aromatic heterocycles. The number of hydrogen-bond acceptors (Lipinski definition) is 3. The zero-order chi connectivity index (χ0) is 13.4. The molecule has 0 saturated heterocycles. The van der Waals surface area contributed by atoms with E-state index in [9.17, 15) is 0 Å². The quantitative estimate of drug-likeness (QED) is 0.534. The second kappa shape index (κ2) is 5.40. The summed E-state index contributed by atoms with van der Waals surface area (Å²) >= 11 is 14.5. The molecule has 0 radical (unpaired) electrons. The Labute approximate surface area is 136 Å². The van der Waals surface area contributed by atoms with Crippen LogP contribution in [0.15, 0.2) is 45.3 Å². The summed E-state index contributed by atoms with van der Waals surface area (Å²) in [7, 11) is 0. The first-order valence-corrected chi connectivity index (χ1v) is 8.18. The van der Waals surface area contributed by atoms with Crippen molar-refractivity contribution in [3.05, 3.63) is 50.4 Å². The molecule has 19 heavy (non-hydrogen) atoms. The van der Waals surface area contributed by atoms with Crippen molar-refractivity contribution in [2.24, 2.45) is 0 Å². The molecular formula is C13H7Br2ClN2S. The minimum absolute atomic E-state index is 0.675. The molecule has 0 amide bonds. The van der Waals surface area contributed by atoms with Gasteiger partial charge in [-0.3, -0.25) is 0 Å². The number of rotatable bonds is 2. The molecule has 1 heterocycles. The van der Waals surface area contributed by atoms with Crippen LogP contribution >= 0.6 is 54.8 Å². The highest BCUT2D eigenvalue weighted by molar-refractivity contribution is 9.10. The number of aromatic nitrogens is 1. The van der Waals surface area contributed by atoms with Crippen molar-refractivity contribution in [3.8, 4) is 0 Å². The fourth-order valence-corrected chi connectivity index (χ4v) is 3.51. The van der Waals surface area contributed by atoms with E-state index in [-0.39, 0.29) is 0 Å². The number of anilines is 2. The Morgan fingerprint density at radius 2 is 1.95 bits per heavy atom. The maximum absolute atomic E-state index is 6.07. The lowest BCUT2D eigenvalue weighted by Gasteiger charge is -2.03. The topological polar surface area (TPSA) is 24.9 Å². The number of hydrogen-bond donors (Lipinski definition) is 1. The zero-order valence-corrected chi connectivity index (χ0v) is 14.2. The van der Waals surface area contributed by atoms with Crippen molar-refractivity contribution in [3.63, 3.8) is 0 Å². The van der Waals surface area contributed by atoms with Crippen LogP contribution in [0.25, 0.3) is 10.2 Å². The molecule has 0 aliphatic rings. The monoisotopic (exact) mass is 416 g/mol. The molecule has 0 fully saturated rings. The lowest BCUT2D eigenvalue weighted by atomic mass is 10.3. The summed E-state index contributed by atoms with van der Waals surface area (Å²) < 4.78 is 3.08. The minimum Gasteiger partial charge on any atom is -0.331 e. The van der Waals surface area contributed by atoms with Crippen molar-refractivity contribution >= 4 is 75.8 Å². The largest absolute Gasteiger partial charge is 0.331 e. The summed E-state index contributed by atoms with van der Waals surface area (Å²) in [6.45, 7) is 0. The maximum Gasteiger partial charge on any atom is 0.188 e. The van der Waals surface area contributed by atoms with Crippen LogP contribution in [0.2, 0.25) is 5.02 Å². The number of thiazole rings is 1. The van der Waals surface area contributed by atoms with Crippen LogP contribution in [0.1, 0.15) is 0 Å². The molecule has 0 atom stereocenters. The molecule has 0 spiro atoms. The van der Waals surface area contributed by atoms with Crippen molar-refractivity contribution in [2.75, 3.05) is 5.32 Å². The molecule has 0 saturated carbocycles. The Morgan fingerprint density at radius 1 is 1.11 bits per heavy atom. The smallest absolute Gasteiger partial charge is 0.188 e. The molecular weight excluding hydrogens is 411 g/mol. The fraction of sp³-hybridized carbons (Fsp3) is 0. The van der Waals surface area contributed by atoms with Crippen LogP contribution in [0.3, 0.4) is 0 Å². The highest BCUT2D eigenvalue weighted by Gasteiger charge is 2.05. The summed E-state index contributed by atoms with van der Waals surface area (Å²) in [6.07, 6.45) is 0. The van der Waals surface area contributed by atoms with Gasteiger partial charge in [0.2, 0.25) is 0 Å². The van der Waals surface area contributed by atoms with Crippen LogP contribution in [0, 0.1) is 0 Å². The van der Waals surface area contributed by atoms with Crippen LogP contribution in [0.4, 0.5) is 10.8 Å². The summed E-state index contributed by atoms with van der Waals surface area (Å²) in [5.74, 6) is 0. The summed E-state index contributed by atoms with van der Waals surface area (Å²) in [5.41, 5.74) is 1.91. The third-order valence-electron chi connectivity index (χ3n) is 2.52. The predicted octanol–water partition coefficient (Wildman–Crippen LogP) is 6.22. The van der Waals surface area contributed by atoms with Gasteiger partial charge in [-0.05, 0) is 52.3 Å². The van der Waals surface area contributed by atoms with E-state index in [0.717, 1.165) is 30.0 Å². The van der Waals surface area contributed by atoms with E-state index in [1.165, 1.54) is 0 Å². The average molecular weight is 419 g/mol. The van der Waals surface area contributed by atoms with Gasteiger partial charge in [-0.2, -0.15) is 0 Å². The Morgan fingerprint density at radius 3 is 2.74 bits per heavy atom. The van der Waals surface area contributed by atoms with E-state index < -0.39 is 0 Å². The Hall–Kier alpha value is -0.620. The molecule has 6 heteroatoms. The van der Waals surface area contributed by atoms with E-state index in [4.69, 9.17) is 11.6 Å². The van der Waals surface area contributed by atoms with Crippen molar-refractivity contribution in [2.45, 2.75) is 0 Å². The maximum atomic E-state index is 6.07. The molecule has 0 aliphatic carbocycles. The Balaban J connectivity index is 1.94. The van der Waals surface area contributed by atoms with Crippen LogP contribution < -0.4 is 5.32 Å². The normalized spacial score (nSPS) is 10.9. The van der Waals surface area contributed by atoms with Gasteiger partial charge < -0.3 is 5.32 Å². The molecule has 2 aromatic carbocycles. The summed E-state index contributed by atoms with van der Waals surface area (Å²) in [6, 6.07) is 11.8. The van der Waals surface area contributed by atoms with Gasteiger partial charge in [0.15, 0.2) is 5.13 Å². The molecule has 1 N–H and O–H groups in total. The molecule has 0 bridgehead atoms. The number of nitrogens with one attached hydrogen (secondary N) is 1. The first kappa shape index (κ1) is 13.4. The van der Waals surface area contributed by atoms with Gasteiger partial charge in [-0.1, -0.05) is 38.9 Å². The van der Waals surface area contributed by atoms with Gasteiger partial charge in [0.25, 0.3) is 0 Å². The molecule has 0 aliphatic heterocycles. The number of nitrogens with zero attached hydrogens (tertiary/aromatic N) is 1. The van der Waals surface area contributed by atoms with Crippen LogP contribution in [-0.4, -0.2) is 4.98 Å². The van der Waals surface area contributed by atoms with Crippen molar-refractivity contribution in [1.82, 2.24) is 4.98 Å². The van der Waals surface area contributed by atoms with E-state index in [1.807, 2.05) is 30.3 Å². The van der Waals surface area contributed by atoms with Crippen LogP contribution in [0.5, 0.6) is 0 Å². The molecule has 0 unspecified atom stereocenters. The second-order valence-corrected chi connectivity index (χ2v) is 7.09. The standard InChI is InChI=1S/C13H7Br2ClN2S/c14-7-1-4-11-12(5-7)19-13(18-11)17-8-2-3-9(15)10(16)6-8/h1-6H,(H,17,18). The minimum atomic E-state index is 0.675. The van der Waals surface area contributed by atoms with E-state index in [0.29, 0.717) is 5.02 Å². The Kier molecular flexibility index (Phi) is 3.80. The van der Waals surface area contributed by atoms with Gasteiger partial charge in [-0.15, -0.1) is 0 Å². The third-order valence-corrected chi connectivity index (χ3v) is 5.18. The highest BCUT2D eigenvalue weighted by Crippen LogP contribution is 2.32. The average Bonchev–Trinajstić information content (AvgIpc) is 2.75. The summed E-state index contributed by atoms with van der Waals surface area (Å²) in [5, 5.41) is 4.80.